The molecular weight excluding hydrogens is 356 g/mol. The van der Waals surface area contributed by atoms with E-state index in [2.05, 4.69) is 39.4 Å². The maximum absolute atomic E-state index is 12.4. The summed E-state index contributed by atoms with van der Waals surface area (Å²) in [4.78, 5) is 30.1. The van der Waals surface area contributed by atoms with Gasteiger partial charge in [-0.2, -0.15) is 0 Å². The Labute approximate surface area is 167 Å². The Balaban J connectivity index is 1.33. The monoisotopic (exact) mass is 388 g/mol. The summed E-state index contributed by atoms with van der Waals surface area (Å²) < 4.78 is 0. The second kappa shape index (κ2) is 9.78. The fourth-order valence-electron chi connectivity index (χ4n) is 4.17. The average Bonchev–Trinajstić information content (AvgIpc) is 2.71. The van der Waals surface area contributed by atoms with Crippen LogP contribution in [0.2, 0.25) is 0 Å². The van der Waals surface area contributed by atoms with Crippen LogP contribution in [0.1, 0.15) is 19.8 Å². The van der Waals surface area contributed by atoms with E-state index in [-0.39, 0.29) is 11.9 Å². The van der Waals surface area contributed by atoms with Gasteiger partial charge < -0.3 is 20.2 Å². The van der Waals surface area contributed by atoms with E-state index in [0.717, 1.165) is 39.1 Å². The van der Waals surface area contributed by atoms with Gasteiger partial charge in [-0.05, 0) is 37.4 Å². The van der Waals surface area contributed by atoms with E-state index in [4.69, 9.17) is 0 Å². The van der Waals surface area contributed by atoms with Crippen LogP contribution in [0.3, 0.4) is 0 Å². The number of nitrogens with one attached hydrogen (secondary N) is 1. The predicted molar refractivity (Wildman–Crippen MR) is 110 cm³/mol. The Hall–Kier alpha value is -2.28. The number of carboxylic acids is 1. The quantitative estimate of drug-likeness (QED) is 0.729. The lowest BCUT2D eigenvalue weighted by Crippen LogP contribution is -2.50. The summed E-state index contributed by atoms with van der Waals surface area (Å²) in [5.41, 5.74) is 1.28. The molecule has 2 aliphatic rings. The van der Waals surface area contributed by atoms with Gasteiger partial charge in [0.15, 0.2) is 0 Å². The van der Waals surface area contributed by atoms with Crippen LogP contribution in [-0.2, 0) is 4.79 Å². The predicted octanol–water partition coefficient (Wildman–Crippen LogP) is 1.95. The fraction of sp³-hybridized carbons (Fsp3) is 0.619. The summed E-state index contributed by atoms with van der Waals surface area (Å²) in [5, 5.41) is 12.2. The molecule has 7 nitrogen and oxygen atoms in total. The van der Waals surface area contributed by atoms with Crippen LogP contribution in [0.15, 0.2) is 30.3 Å². The first kappa shape index (κ1) is 20.5. The van der Waals surface area contributed by atoms with Crippen molar-refractivity contribution in [2.45, 2.75) is 19.8 Å². The van der Waals surface area contributed by atoms with E-state index in [0.29, 0.717) is 26.1 Å². The van der Waals surface area contributed by atoms with E-state index >= 15 is 0 Å². The molecule has 0 aliphatic carbocycles. The number of carboxylic acid groups (broad SMARTS) is 1. The zero-order valence-electron chi connectivity index (χ0n) is 16.7. The highest BCUT2D eigenvalue weighted by Gasteiger charge is 2.31. The number of likely N-dealkylation sites (tertiary alicyclic amines) is 1. The first-order valence-corrected chi connectivity index (χ1v) is 10.3. The molecule has 2 atom stereocenters. The van der Waals surface area contributed by atoms with Crippen molar-refractivity contribution in [3.05, 3.63) is 30.3 Å². The Morgan fingerprint density at radius 2 is 1.82 bits per heavy atom. The molecule has 0 aromatic heterocycles. The van der Waals surface area contributed by atoms with Crippen molar-refractivity contribution in [3.63, 3.8) is 0 Å². The summed E-state index contributed by atoms with van der Waals surface area (Å²) in [5.74, 6) is -1.03. The maximum Gasteiger partial charge on any atom is 0.317 e. The lowest BCUT2D eigenvalue weighted by molar-refractivity contribution is -0.143. The average molecular weight is 389 g/mol. The molecule has 3 rings (SSSR count). The number of carbonyl (C=O) groups excluding carboxylic acids is 1. The summed E-state index contributed by atoms with van der Waals surface area (Å²) in [6.45, 7) is 8.67. The Morgan fingerprint density at radius 3 is 2.50 bits per heavy atom. The SMILES string of the molecule is CC1CC(C(=O)O)CN(C(=O)NCCCN2CCN(c3ccccc3)CC2)C1. The number of carbonyl (C=O) groups is 2. The van der Waals surface area contributed by atoms with Crippen LogP contribution in [0, 0.1) is 11.8 Å². The minimum Gasteiger partial charge on any atom is -0.481 e. The first-order chi connectivity index (χ1) is 13.5. The molecule has 1 aromatic carbocycles. The number of benzene rings is 1. The van der Waals surface area contributed by atoms with Crippen molar-refractivity contribution < 1.29 is 14.7 Å². The molecule has 7 heteroatoms. The highest BCUT2D eigenvalue weighted by Crippen LogP contribution is 2.21. The summed E-state index contributed by atoms with van der Waals surface area (Å²) >= 11 is 0. The lowest BCUT2D eigenvalue weighted by atomic mass is 9.91. The van der Waals surface area contributed by atoms with Crippen molar-refractivity contribution in [2.24, 2.45) is 11.8 Å². The van der Waals surface area contributed by atoms with E-state index in [1.165, 1.54) is 5.69 Å². The smallest absolute Gasteiger partial charge is 0.317 e. The number of rotatable bonds is 6. The Kier molecular flexibility index (Phi) is 7.14. The summed E-state index contributed by atoms with van der Waals surface area (Å²) in [7, 11) is 0. The van der Waals surface area contributed by atoms with Gasteiger partial charge in [-0.15, -0.1) is 0 Å². The molecule has 2 unspecified atom stereocenters. The molecule has 2 amide bonds. The van der Waals surface area contributed by atoms with Gasteiger partial charge in [-0.3, -0.25) is 9.69 Å². The number of amides is 2. The van der Waals surface area contributed by atoms with Crippen LogP contribution in [-0.4, -0.2) is 79.3 Å². The summed E-state index contributed by atoms with van der Waals surface area (Å²) in [6, 6.07) is 10.4. The number of urea groups is 1. The van der Waals surface area contributed by atoms with E-state index in [9.17, 15) is 14.7 Å². The third-order valence-electron chi connectivity index (χ3n) is 5.72. The molecule has 2 heterocycles. The molecule has 1 aromatic rings. The number of para-hydroxylation sites is 1. The third-order valence-corrected chi connectivity index (χ3v) is 5.72. The van der Waals surface area contributed by atoms with Gasteiger partial charge in [-0.1, -0.05) is 25.1 Å². The minimum atomic E-state index is -0.806. The Morgan fingerprint density at radius 1 is 1.11 bits per heavy atom. The largest absolute Gasteiger partial charge is 0.481 e. The number of aliphatic carboxylic acids is 1. The highest BCUT2D eigenvalue weighted by molar-refractivity contribution is 5.76. The van der Waals surface area contributed by atoms with Gasteiger partial charge in [0.2, 0.25) is 0 Å². The molecular formula is C21H32N4O3. The fourth-order valence-corrected chi connectivity index (χ4v) is 4.17. The van der Waals surface area contributed by atoms with Crippen molar-refractivity contribution >= 4 is 17.7 Å². The molecule has 2 aliphatic heterocycles. The van der Waals surface area contributed by atoms with Gasteiger partial charge in [-0.25, -0.2) is 4.79 Å². The molecule has 0 bridgehead atoms. The molecule has 0 saturated carbocycles. The number of hydrogen-bond acceptors (Lipinski definition) is 4. The zero-order chi connectivity index (χ0) is 19.9. The molecule has 2 saturated heterocycles. The van der Waals surface area contributed by atoms with Crippen LogP contribution in [0.5, 0.6) is 0 Å². The molecule has 2 fully saturated rings. The van der Waals surface area contributed by atoms with E-state index in [1.54, 1.807) is 4.90 Å². The molecule has 2 N–H and O–H groups in total. The van der Waals surface area contributed by atoms with Crippen molar-refractivity contribution in [1.29, 1.82) is 0 Å². The molecule has 0 spiro atoms. The minimum absolute atomic E-state index is 0.133. The second-order valence-corrected chi connectivity index (χ2v) is 8.03. The molecule has 0 radical (unpaired) electrons. The number of nitrogens with zero attached hydrogens (tertiary/aromatic N) is 3. The standard InChI is InChI=1S/C21H32N4O3/c1-17-14-18(20(26)27)16-25(15-17)21(28)22-8-5-9-23-10-12-24(13-11-23)19-6-3-2-4-7-19/h2-4,6-7,17-18H,5,8-16H2,1H3,(H,22,28)(H,26,27). The zero-order valence-corrected chi connectivity index (χ0v) is 16.7. The van der Waals surface area contributed by atoms with Gasteiger partial charge in [0.1, 0.15) is 0 Å². The third kappa shape index (κ3) is 5.61. The summed E-state index contributed by atoms with van der Waals surface area (Å²) in [6.07, 6.45) is 1.55. The van der Waals surface area contributed by atoms with Crippen LogP contribution >= 0.6 is 0 Å². The van der Waals surface area contributed by atoms with Crippen LogP contribution < -0.4 is 10.2 Å². The van der Waals surface area contributed by atoms with Gasteiger partial charge >= 0.3 is 12.0 Å². The van der Waals surface area contributed by atoms with Crippen LogP contribution in [0.4, 0.5) is 10.5 Å². The normalized spacial score (nSPS) is 23.5. The lowest BCUT2D eigenvalue weighted by Gasteiger charge is -2.36. The Bertz CT molecular complexity index is 646. The number of piperazine rings is 1. The highest BCUT2D eigenvalue weighted by atomic mass is 16.4. The van der Waals surface area contributed by atoms with E-state index < -0.39 is 11.9 Å². The van der Waals surface area contributed by atoms with Gasteiger partial charge in [0.25, 0.3) is 0 Å². The molecule has 154 valence electrons. The van der Waals surface area contributed by atoms with Crippen LogP contribution in [0.25, 0.3) is 0 Å². The van der Waals surface area contributed by atoms with Crippen molar-refractivity contribution in [1.82, 2.24) is 15.1 Å². The number of anilines is 1. The first-order valence-electron chi connectivity index (χ1n) is 10.3. The van der Waals surface area contributed by atoms with Crippen molar-refractivity contribution in [2.75, 3.05) is 57.3 Å². The number of hydrogen-bond donors (Lipinski definition) is 2. The van der Waals surface area contributed by atoms with Gasteiger partial charge in [0.05, 0.1) is 5.92 Å². The van der Waals surface area contributed by atoms with E-state index in [1.807, 2.05) is 13.0 Å². The maximum atomic E-state index is 12.4. The van der Waals surface area contributed by atoms with Crippen molar-refractivity contribution in [3.8, 4) is 0 Å². The second-order valence-electron chi connectivity index (χ2n) is 8.03. The topological polar surface area (TPSA) is 76.1 Å². The number of piperidine rings is 1. The molecule has 28 heavy (non-hydrogen) atoms. The van der Waals surface area contributed by atoms with Gasteiger partial charge in [0, 0.05) is 51.5 Å².